The first-order valence-corrected chi connectivity index (χ1v) is 6.71. The molecule has 106 valence electrons. The highest BCUT2D eigenvalue weighted by Crippen LogP contribution is 2.11. The lowest BCUT2D eigenvalue weighted by Gasteiger charge is -2.24. The van der Waals surface area contributed by atoms with Crippen LogP contribution in [0.3, 0.4) is 0 Å². The summed E-state index contributed by atoms with van der Waals surface area (Å²) in [5.41, 5.74) is 3.54. The Hall–Kier alpha value is -1.06. The number of piperidine rings is 1. The van der Waals surface area contributed by atoms with E-state index in [2.05, 4.69) is 42.7 Å². The van der Waals surface area contributed by atoms with Crippen molar-refractivity contribution < 1.29 is 4.79 Å². The Kier molecular flexibility index (Phi) is 6.32. The molecule has 0 saturated carbocycles. The molecule has 1 aliphatic rings. The van der Waals surface area contributed by atoms with E-state index in [-0.39, 0.29) is 18.3 Å². The third-order valence-electron chi connectivity index (χ3n) is 3.52. The molecule has 1 aromatic carbocycles. The number of hydrogen-bond acceptors (Lipinski definition) is 2. The summed E-state index contributed by atoms with van der Waals surface area (Å²) in [6.07, 6.45) is 2.73. The van der Waals surface area contributed by atoms with Crippen LogP contribution < -0.4 is 10.6 Å². The molecule has 1 amide bonds. The van der Waals surface area contributed by atoms with E-state index >= 15 is 0 Å². The van der Waals surface area contributed by atoms with E-state index in [0.717, 1.165) is 31.5 Å². The summed E-state index contributed by atoms with van der Waals surface area (Å²) in [5, 5.41) is 6.42. The number of rotatable bonds is 3. The van der Waals surface area contributed by atoms with Crippen molar-refractivity contribution in [2.24, 2.45) is 0 Å². The van der Waals surface area contributed by atoms with Gasteiger partial charge in [0, 0.05) is 12.6 Å². The average molecular weight is 283 g/mol. The molecule has 1 aromatic rings. The van der Waals surface area contributed by atoms with Gasteiger partial charge in [-0.3, -0.25) is 4.79 Å². The molecule has 0 spiro atoms. The van der Waals surface area contributed by atoms with E-state index in [1.54, 1.807) is 0 Å². The molecule has 2 rings (SSSR count). The Morgan fingerprint density at radius 1 is 1.42 bits per heavy atom. The number of nitrogens with one attached hydrogen (secondary N) is 2. The fourth-order valence-corrected chi connectivity index (χ4v) is 2.42. The number of amides is 1. The molecule has 0 unspecified atom stereocenters. The van der Waals surface area contributed by atoms with Gasteiger partial charge >= 0.3 is 0 Å². The number of benzene rings is 1. The first-order chi connectivity index (χ1) is 8.65. The summed E-state index contributed by atoms with van der Waals surface area (Å²) < 4.78 is 0. The van der Waals surface area contributed by atoms with Crippen molar-refractivity contribution in [3.63, 3.8) is 0 Å². The zero-order valence-electron chi connectivity index (χ0n) is 11.7. The molecule has 0 bridgehead atoms. The van der Waals surface area contributed by atoms with Crippen LogP contribution >= 0.6 is 12.4 Å². The molecular weight excluding hydrogens is 260 g/mol. The Labute approximate surface area is 121 Å². The summed E-state index contributed by atoms with van der Waals surface area (Å²) in [5.74, 6) is 0.136. The lowest BCUT2D eigenvalue weighted by molar-refractivity contribution is -0.121. The average Bonchev–Trinajstić information content (AvgIpc) is 2.35. The van der Waals surface area contributed by atoms with Crippen LogP contribution in [0.25, 0.3) is 0 Å². The second-order valence-electron chi connectivity index (χ2n) is 5.22. The van der Waals surface area contributed by atoms with Gasteiger partial charge in [-0.2, -0.15) is 0 Å². The summed E-state index contributed by atoms with van der Waals surface area (Å²) >= 11 is 0. The molecule has 4 heteroatoms. The number of carbonyl (C=O) groups is 1. The van der Waals surface area contributed by atoms with Crippen LogP contribution in [0.1, 0.15) is 29.5 Å². The predicted octanol–water partition coefficient (Wildman–Crippen LogP) is 2.14. The van der Waals surface area contributed by atoms with Gasteiger partial charge < -0.3 is 10.6 Å². The van der Waals surface area contributed by atoms with Gasteiger partial charge in [0.05, 0.1) is 6.42 Å². The van der Waals surface area contributed by atoms with Crippen molar-refractivity contribution in [2.45, 2.75) is 39.2 Å². The summed E-state index contributed by atoms with van der Waals surface area (Å²) in [6.45, 7) is 6.10. The third kappa shape index (κ3) is 4.84. The number of aryl methyl sites for hydroxylation is 2. The maximum atomic E-state index is 12.0. The van der Waals surface area contributed by atoms with Gasteiger partial charge in [-0.15, -0.1) is 12.4 Å². The lowest BCUT2D eigenvalue weighted by Crippen LogP contribution is -2.46. The largest absolute Gasteiger partial charge is 0.352 e. The molecule has 0 radical (unpaired) electrons. The minimum absolute atomic E-state index is 0. The van der Waals surface area contributed by atoms with E-state index in [0.29, 0.717) is 12.5 Å². The molecule has 1 atom stereocenters. The first kappa shape index (κ1) is 16.0. The number of halogens is 1. The topological polar surface area (TPSA) is 41.1 Å². The molecular formula is C15H23ClN2O. The van der Waals surface area contributed by atoms with Crippen LogP contribution in [-0.2, 0) is 11.2 Å². The molecule has 3 nitrogen and oxygen atoms in total. The standard InChI is InChI=1S/C15H22N2O.ClH/c1-11-5-6-12(2)13(8-11)9-15(18)17-14-4-3-7-16-10-14;/h5-6,8,14,16H,3-4,7,9-10H2,1-2H3,(H,17,18);1H/t14-;/m0./s1. The number of carbonyl (C=O) groups excluding carboxylic acids is 1. The van der Waals surface area contributed by atoms with Gasteiger partial charge in [-0.1, -0.05) is 23.8 Å². The quantitative estimate of drug-likeness (QED) is 0.892. The Morgan fingerprint density at radius 2 is 2.21 bits per heavy atom. The molecule has 19 heavy (non-hydrogen) atoms. The van der Waals surface area contributed by atoms with Gasteiger partial charge in [0.15, 0.2) is 0 Å². The Morgan fingerprint density at radius 3 is 2.89 bits per heavy atom. The normalized spacial score (nSPS) is 18.5. The van der Waals surface area contributed by atoms with Crippen LogP contribution in [0.15, 0.2) is 18.2 Å². The van der Waals surface area contributed by atoms with E-state index in [4.69, 9.17) is 0 Å². The van der Waals surface area contributed by atoms with E-state index in [9.17, 15) is 4.79 Å². The molecule has 2 N–H and O–H groups in total. The van der Waals surface area contributed by atoms with Gasteiger partial charge in [-0.05, 0) is 44.4 Å². The van der Waals surface area contributed by atoms with Crippen molar-refractivity contribution in [1.29, 1.82) is 0 Å². The molecule has 1 heterocycles. The van der Waals surface area contributed by atoms with Crippen molar-refractivity contribution >= 4 is 18.3 Å². The highest BCUT2D eigenvalue weighted by atomic mass is 35.5. The minimum atomic E-state index is 0. The lowest BCUT2D eigenvalue weighted by atomic mass is 10.0. The fourth-order valence-electron chi connectivity index (χ4n) is 2.42. The van der Waals surface area contributed by atoms with E-state index in [1.807, 2.05) is 0 Å². The van der Waals surface area contributed by atoms with Gasteiger partial charge in [0.25, 0.3) is 0 Å². The highest BCUT2D eigenvalue weighted by molar-refractivity contribution is 5.85. The maximum absolute atomic E-state index is 12.0. The van der Waals surface area contributed by atoms with Gasteiger partial charge in [0.2, 0.25) is 5.91 Å². The van der Waals surface area contributed by atoms with Crippen LogP contribution in [-0.4, -0.2) is 25.0 Å². The monoisotopic (exact) mass is 282 g/mol. The predicted molar refractivity (Wildman–Crippen MR) is 80.9 cm³/mol. The fraction of sp³-hybridized carbons (Fsp3) is 0.533. The second kappa shape index (κ2) is 7.51. The molecule has 1 fully saturated rings. The van der Waals surface area contributed by atoms with Gasteiger partial charge in [-0.25, -0.2) is 0 Å². The summed E-state index contributed by atoms with van der Waals surface area (Å²) in [6, 6.07) is 6.58. The SMILES string of the molecule is Cc1ccc(C)c(CC(=O)N[C@H]2CCCNC2)c1.Cl. The second-order valence-corrected chi connectivity index (χ2v) is 5.22. The van der Waals surface area contributed by atoms with Crippen LogP contribution in [0.4, 0.5) is 0 Å². The van der Waals surface area contributed by atoms with Crippen molar-refractivity contribution in [2.75, 3.05) is 13.1 Å². The van der Waals surface area contributed by atoms with E-state index < -0.39 is 0 Å². The van der Waals surface area contributed by atoms with Crippen molar-refractivity contribution in [3.05, 3.63) is 34.9 Å². The summed E-state index contributed by atoms with van der Waals surface area (Å²) in [4.78, 5) is 12.0. The van der Waals surface area contributed by atoms with E-state index in [1.165, 1.54) is 11.1 Å². The smallest absolute Gasteiger partial charge is 0.224 e. The third-order valence-corrected chi connectivity index (χ3v) is 3.52. The van der Waals surface area contributed by atoms with Gasteiger partial charge in [0.1, 0.15) is 0 Å². The highest BCUT2D eigenvalue weighted by Gasteiger charge is 2.15. The first-order valence-electron chi connectivity index (χ1n) is 6.71. The molecule has 0 aromatic heterocycles. The zero-order chi connectivity index (χ0) is 13.0. The van der Waals surface area contributed by atoms with Crippen molar-refractivity contribution in [1.82, 2.24) is 10.6 Å². The number of hydrogen-bond donors (Lipinski definition) is 2. The van der Waals surface area contributed by atoms with Crippen LogP contribution in [0, 0.1) is 13.8 Å². The molecule has 0 aliphatic carbocycles. The molecule has 1 aliphatic heterocycles. The van der Waals surface area contributed by atoms with Crippen LogP contribution in [0.2, 0.25) is 0 Å². The minimum Gasteiger partial charge on any atom is -0.352 e. The van der Waals surface area contributed by atoms with Crippen molar-refractivity contribution in [3.8, 4) is 0 Å². The summed E-state index contributed by atoms with van der Waals surface area (Å²) in [7, 11) is 0. The Bertz CT molecular complexity index is 428. The molecule has 1 saturated heterocycles. The van der Waals surface area contributed by atoms with Crippen LogP contribution in [0.5, 0.6) is 0 Å². The Balaban J connectivity index is 0.00000180. The zero-order valence-corrected chi connectivity index (χ0v) is 12.5. The maximum Gasteiger partial charge on any atom is 0.224 e.